The van der Waals surface area contributed by atoms with Gasteiger partial charge in [-0.25, -0.2) is 8.42 Å². The topological polar surface area (TPSA) is 84.9 Å². The number of nitrogens with zero attached hydrogens (tertiary/aromatic N) is 1. The van der Waals surface area contributed by atoms with Crippen molar-refractivity contribution in [2.45, 2.75) is 26.0 Å². The van der Waals surface area contributed by atoms with E-state index in [1.807, 2.05) is 18.2 Å². The molecule has 156 valence electrons. The second kappa shape index (κ2) is 8.51. The van der Waals surface area contributed by atoms with Crippen LogP contribution in [-0.4, -0.2) is 45.9 Å². The molecule has 0 aromatic heterocycles. The van der Waals surface area contributed by atoms with Crippen LogP contribution >= 0.6 is 11.6 Å². The van der Waals surface area contributed by atoms with Crippen LogP contribution in [0.2, 0.25) is 5.02 Å². The Labute approximate surface area is 175 Å². The van der Waals surface area contributed by atoms with Crippen LogP contribution in [0.3, 0.4) is 0 Å². The molecule has 0 fully saturated rings. The molecular weight excluding hydrogens is 416 g/mol. The molecule has 1 aliphatic rings. The average molecular weight is 439 g/mol. The molecular formula is C20H23ClN2O5S. The van der Waals surface area contributed by atoms with Crippen LogP contribution in [0.25, 0.3) is 0 Å². The molecule has 1 heterocycles. The number of benzene rings is 2. The molecule has 29 heavy (non-hydrogen) atoms. The van der Waals surface area contributed by atoms with Gasteiger partial charge in [0.15, 0.2) is 11.5 Å². The number of amides is 1. The number of carbonyl (C=O) groups excluding carboxylic acids is 1. The monoisotopic (exact) mass is 438 g/mol. The first kappa shape index (κ1) is 21.3. The molecule has 0 unspecified atom stereocenters. The zero-order chi connectivity index (χ0) is 21.2. The largest absolute Gasteiger partial charge is 0.486 e. The first-order chi connectivity index (χ1) is 13.7. The van der Waals surface area contributed by atoms with Crippen LogP contribution < -0.4 is 19.1 Å². The molecule has 0 radical (unpaired) electrons. The van der Waals surface area contributed by atoms with Crippen molar-refractivity contribution in [3.8, 4) is 11.5 Å². The third-order valence-corrected chi connectivity index (χ3v) is 6.03. The summed E-state index contributed by atoms with van der Waals surface area (Å²) in [5.41, 5.74) is 1.06. The Balaban J connectivity index is 1.71. The van der Waals surface area contributed by atoms with Gasteiger partial charge in [-0.05, 0) is 43.7 Å². The van der Waals surface area contributed by atoms with Gasteiger partial charge in [0, 0.05) is 5.02 Å². The van der Waals surface area contributed by atoms with Gasteiger partial charge < -0.3 is 14.8 Å². The maximum atomic E-state index is 12.7. The number of sulfonamides is 1. The van der Waals surface area contributed by atoms with Gasteiger partial charge in [0.25, 0.3) is 0 Å². The van der Waals surface area contributed by atoms with Crippen molar-refractivity contribution in [3.05, 3.63) is 53.1 Å². The van der Waals surface area contributed by atoms with E-state index < -0.39 is 22.0 Å². The molecule has 2 aromatic rings. The third-order valence-electron chi connectivity index (χ3n) is 4.57. The Morgan fingerprint density at radius 1 is 1.28 bits per heavy atom. The fourth-order valence-electron chi connectivity index (χ4n) is 3.13. The van der Waals surface area contributed by atoms with Gasteiger partial charge in [0.05, 0.1) is 18.5 Å². The lowest BCUT2D eigenvalue weighted by atomic mass is 10.1. The van der Waals surface area contributed by atoms with Gasteiger partial charge in [0.2, 0.25) is 15.9 Å². The Kier molecular flexibility index (Phi) is 6.24. The number of nitrogens with one attached hydrogen (secondary N) is 1. The summed E-state index contributed by atoms with van der Waals surface area (Å²) < 4.78 is 37.4. The lowest BCUT2D eigenvalue weighted by Crippen LogP contribution is -2.50. The second-order valence-corrected chi connectivity index (χ2v) is 9.20. The molecule has 0 saturated carbocycles. The number of fused-ring (bicyclic) bond motifs is 1. The number of halogens is 1. The minimum atomic E-state index is -3.73. The van der Waals surface area contributed by atoms with Gasteiger partial charge in [0.1, 0.15) is 18.8 Å². The maximum absolute atomic E-state index is 12.7. The second-order valence-electron chi connectivity index (χ2n) is 6.91. The summed E-state index contributed by atoms with van der Waals surface area (Å²) in [4.78, 5) is 12.7. The molecule has 2 atom stereocenters. The SMILES string of the molecule is Cc1ccc(Cl)cc1N([C@H](C)C(=O)NC[C@@H]1COc2ccccc2O1)S(C)(=O)=O. The number of carbonyl (C=O) groups is 1. The Hall–Kier alpha value is -2.45. The Bertz CT molecular complexity index is 1010. The summed E-state index contributed by atoms with van der Waals surface area (Å²) in [6.45, 7) is 3.77. The van der Waals surface area contributed by atoms with Crippen LogP contribution in [0.15, 0.2) is 42.5 Å². The summed E-state index contributed by atoms with van der Waals surface area (Å²) in [6, 6.07) is 11.2. The molecule has 2 aromatic carbocycles. The maximum Gasteiger partial charge on any atom is 0.243 e. The van der Waals surface area contributed by atoms with E-state index >= 15 is 0 Å². The van der Waals surface area contributed by atoms with E-state index in [9.17, 15) is 13.2 Å². The Morgan fingerprint density at radius 3 is 2.66 bits per heavy atom. The number of hydrogen-bond acceptors (Lipinski definition) is 5. The van der Waals surface area contributed by atoms with E-state index in [0.717, 1.165) is 10.6 Å². The molecule has 0 saturated heterocycles. The molecule has 1 amide bonds. The van der Waals surface area contributed by atoms with Crippen LogP contribution in [0.5, 0.6) is 11.5 Å². The van der Waals surface area contributed by atoms with Crippen LogP contribution in [-0.2, 0) is 14.8 Å². The van der Waals surface area contributed by atoms with Gasteiger partial charge in [-0.15, -0.1) is 0 Å². The highest BCUT2D eigenvalue weighted by Gasteiger charge is 2.31. The number of rotatable bonds is 6. The molecule has 0 spiro atoms. The minimum absolute atomic E-state index is 0.184. The number of ether oxygens (including phenoxy) is 2. The third kappa shape index (κ3) is 4.94. The average Bonchev–Trinajstić information content (AvgIpc) is 2.67. The van der Waals surface area contributed by atoms with E-state index in [-0.39, 0.29) is 19.3 Å². The van der Waals surface area contributed by atoms with Crippen molar-refractivity contribution in [3.63, 3.8) is 0 Å². The lowest BCUT2D eigenvalue weighted by molar-refractivity contribution is -0.122. The first-order valence-electron chi connectivity index (χ1n) is 9.08. The van der Waals surface area contributed by atoms with Crippen LogP contribution in [0.1, 0.15) is 12.5 Å². The highest BCUT2D eigenvalue weighted by Crippen LogP contribution is 2.31. The van der Waals surface area contributed by atoms with E-state index in [1.165, 1.54) is 13.0 Å². The summed E-state index contributed by atoms with van der Waals surface area (Å²) in [5.74, 6) is 0.818. The molecule has 9 heteroatoms. The van der Waals surface area contributed by atoms with Crippen molar-refractivity contribution in [1.29, 1.82) is 0 Å². The van der Waals surface area contributed by atoms with Crippen molar-refractivity contribution in [1.82, 2.24) is 5.32 Å². The minimum Gasteiger partial charge on any atom is -0.486 e. The fourth-order valence-corrected chi connectivity index (χ4v) is 4.52. The molecule has 0 aliphatic carbocycles. The Morgan fingerprint density at radius 2 is 1.97 bits per heavy atom. The normalized spacial score (nSPS) is 16.8. The lowest BCUT2D eigenvalue weighted by Gasteiger charge is -2.31. The van der Waals surface area contributed by atoms with Crippen molar-refractivity contribution in [2.24, 2.45) is 0 Å². The van der Waals surface area contributed by atoms with E-state index in [4.69, 9.17) is 21.1 Å². The van der Waals surface area contributed by atoms with Crippen LogP contribution in [0.4, 0.5) is 5.69 Å². The smallest absolute Gasteiger partial charge is 0.243 e. The molecule has 1 N–H and O–H groups in total. The number of para-hydroxylation sites is 2. The highest BCUT2D eigenvalue weighted by molar-refractivity contribution is 7.92. The number of anilines is 1. The highest BCUT2D eigenvalue weighted by atomic mass is 35.5. The quantitative estimate of drug-likeness (QED) is 0.749. The van der Waals surface area contributed by atoms with Crippen molar-refractivity contribution < 1.29 is 22.7 Å². The van der Waals surface area contributed by atoms with E-state index in [0.29, 0.717) is 27.8 Å². The van der Waals surface area contributed by atoms with E-state index in [1.54, 1.807) is 25.1 Å². The van der Waals surface area contributed by atoms with Gasteiger partial charge in [-0.1, -0.05) is 29.8 Å². The molecule has 1 aliphatic heterocycles. The van der Waals surface area contributed by atoms with E-state index in [2.05, 4.69) is 5.32 Å². The first-order valence-corrected chi connectivity index (χ1v) is 11.3. The fraction of sp³-hybridized carbons (Fsp3) is 0.350. The zero-order valence-electron chi connectivity index (χ0n) is 16.4. The molecule has 0 bridgehead atoms. The van der Waals surface area contributed by atoms with Gasteiger partial charge in [-0.2, -0.15) is 0 Å². The number of hydrogen-bond donors (Lipinski definition) is 1. The summed E-state index contributed by atoms with van der Waals surface area (Å²) in [7, 11) is -3.73. The zero-order valence-corrected chi connectivity index (χ0v) is 18.0. The molecule has 3 rings (SSSR count). The predicted molar refractivity (Wildman–Crippen MR) is 112 cm³/mol. The van der Waals surface area contributed by atoms with Crippen molar-refractivity contribution >= 4 is 33.2 Å². The number of aryl methyl sites for hydroxylation is 1. The van der Waals surface area contributed by atoms with Gasteiger partial charge >= 0.3 is 0 Å². The summed E-state index contributed by atoms with van der Waals surface area (Å²) >= 11 is 6.05. The van der Waals surface area contributed by atoms with Crippen molar-refractivity contribution in [2.75, 3.05) is 23.7 Å². The predicted octanol–water partition coefficient (Wildman–Crippen LogP) is 2.76. The van der Waals surface area contributed by atoms with Crippen LogP contribution in [0, 0.1) is 6.92 Å². The van der Waals surface area contributed by atoms with Gasteiger partial charge in [-0.3, -0.25) is 9.10 Å². The summed E-state index contributed by atoms with van der Waals surface area (Å²) in [5, 5.41) is 3.14. The summed E-state index contributed by atoms with van der Waals surface area (Å²) in [6.07, 6.45) is 0.687. The standard InChI is InChI=1S/C20H23ClN2O5S/c1-13-8-9-15(21)10-17(13)23(29(3,25)26)14(2)20(24)22-11-16-12-27-18-6-4-5-7-19(18)28-16/h4-10,14,16H,11-12H2,1-3H3,(H,22,24)/t14-,16-/m1/s1. The molecule has 7 nitrogen and oxygen atoms in total.